The summed E-state index contributed by atoms with van der Waals surface area (Å²) in [5.41, 5.74) is 0. The molecule has 0 bridgehead atoms. The van der Waals surface area contributed by atoms with Gasteiger partial charge in [0, 0.05) is 32.7 Å². The summed E-state index contributed by atoms with van der Waals surface area (Å²) in [6.45, 7) is 14.6. The van der Waals surface area contributed by atoms with E-state index in [-0.39, 0.29) is 51.7 Å². The molecular formula is C15H32O3SY-2. The van der Waals surface area contributed by atoms with Gasteiger partial charge >= 0.3 is 0 Å². The Hall–Kier alpha value is 0.594. The molecule has 121 valence electrons. The van der Waals surface area contributed by atoms with E-state index in [2.05, 4.69) is 27.7 Å². The largest absolute Gasteiger partial charge is 0.339 e. The Balaban J connectivity index is -0.000000188. The third-order valence-electron chi connectivity index (χ3n) is 2.05. The number of carbonyl (C=O) groups is 1. The molecule has 0 aromatic heterocycles. The fourth-order valence-electron chi connectivity index (χ4n) is 0.920. The molecule has 0 aliphatic heterocycles. The van der Waals surface area contributed by atoms with Crippen LogP contribution in [-0.4, -0.2) is 24.7 Å². The maximum atomic E-state index is 11.6. The van der Waals surface area contributed by atoms with Gasteiger partial charge in [0.1, 0.15) is 0 Å². The van der Waals surface area contributed by atoms with E-state index in [1.165, 1.54) is 5.92 Å². The number of unbranched alkanes of at least 4 members (excludes halogenated alkanes) is 1. The number of Topliss-reactive ketones (excluding diaryl/α,β-unsaturated/α-hetero) is 1. The summed E-state index contributed by atoms with van der Waals surface area (Å²) < 4.78 is 22.5. The molecule has 20 heavy (non-hydrogen) atoms. The van der Waals surface area contributed by atoms with Gasteiger partial charge in [0.25, 0.3) is 0 Å². The van der Waals surface area contributed by atoms with Crippen LogP contribution in [0.25, 0.3) is 0 Å². The number of carbonyl (C=O) groups excluding carboxylic acids is 1. The minimum Gasteiger partial charge on any atom is -0.339 e. The second kappa shape index (κ2) is 13.3. The Kier molecular flexibility index (Phi) is 19.1. The summed E-state index contributed by atoms with van der Waals surface area (Å²) in [4.78, 5) is 10.5. The molecule has 3 nitrogen and oxygen atoms in total. The maximum absolute atomic E-state index is 11.6. The van der Waals surface area contributed by atoms with Crippen LogP contribution in [0.3, 0.4) is 0 Å². The molecule has 0 aromatic carbocycles. The van der Waals surface area contributed by atoms with Gasteiger partial charge in [-0.2, -0.15) is 20.8 Å². The van der Waals surface area contributed by atoms with E-state index in [9.17, 15) is 13.2 Å². The van der Waals surface area contributed by atoms with Crippen molar-refractivity contribution in [2.75, 3.05) is 5.75 Å². The van der Waals surface area contributed by atoms with Crippen molar-refractivity contribution < 1.29 is 45.9 Å². The zero-order valence-corrected chi connectivity index (χ0v) is 16.9. The fraction of sp³-hybridized carbons (Fsp3) is 0.800. The molecule has 0 spiro atoms. The van der Waals surface area contributed by atoms with Crippen LogP contribution in [0.5, 0.6) is 0 Å². The van der Waals surface area contributed by atoms with Crippen molar-refractivity contribution in [3.63, 3.8) is 0 Å². The predicted octanol–water partition coefficient (Wildman–Crippen LogP) is 4.03. The fourth-order valence-corrected chi connectivity index (χ4v) is 2.12. The molecule has 0 amide bonds. The summed E-state index contributed by atoms with van der Waals surface area (Å²) in [5.74, 6) is 1.45. The Morgan fingerprint density at radius 2 is 1.45 bits per heavy atom. The molecule has 1 radical (unpaired) electrons. The van der Waals surface area contributed by atoms with Crippen LogP contribution in [0.4, 0.5) is 0 Å². The van der Waals surface area contributed by atoms with Crippen molar-refractivity contribution in [2.45, 2.75) is 73.0 Å². The first-order valence-electron chi connectivity index (χ1n) is 6.24. The molecule has 0 saturated carbocycles. The third-order valence-corrected chi connectivity index (χ3v) is 4.74. The molecule has 0 N–H and O–H groups in total. The van der Waals surface area contributed by atoms with Crippen LogP contribution >= 0.6 is 0 Å². The topological polar surface area (TPSA) is 51.2 Å². The normalized spacial score (nSPS) is 10.8. The molecule has 0 rings (SSSR count). The second-order valence-corrected chi connectivity index (χ2v) is 8.79. The number of ketones is 1. The number of sulfone groups is 1. The van der Waals surface area contributed by atoms with Crippen LogP contribution in [0, 0.1) is 12.8 Å². The van der Waals surface area contributed by atoms with E-state index in [4.69, 9.17) is 0 Å². The SMILES string of the molecule is C.C[C-](C)C.[CH2-]C(=O)CCCCS(=O)(=O)C(C)(C)C.[Y]. The summed E-state index contributed by atoms with van der Waals surface area (Å²) >= 11 is 0. The van der Waals surface area contributed by atoms with E-state index in [1.54, 1.807) is 20.8 Å². The van der Waals surface area contributed by atoms with Crippen LogP contribution in [0.1, 0.15) is 68.2 Å². The van der Waals surface area contributed by atoms with Gasteiger partial charge in [-0.25, -0.2) is 8.42 Å². The molecule has 0 saturated heterocycles. The number of rotatable bonds is 5. The van der Waals surface area contributed by atoms with E-state index in [0.717, 1.165) is 0 Å². The Labute approximate surface area is 152 Å². The molecule has 0 aromatic rings. The van der Waals surface area contributed by atoms with Crippen molar-refractivity contribution >= 4 is 15.6 Å². The molecule has 0 unspecified atom stereocenters. The third kappa shape index (κ3) is 18.6. The first kappa shape index (κ1) is 28.7. The smallest absolute Gasteiger partial charge is 0.155 e. The summed E-state index contributed by atoms with van der Waals surface area (Å²) in [6.07, 6.45) is 1.53. The standard InChI is InChI=1S/C10H19O3S.C4H9.CH4.Y/c1-9(11)7-5-6-8-14(12,13)10(2,3)4;1-4(2)3;;/h1,5-8H2,2-4H3;1-3H3;1H4;/q2*-1;;. The minimum absolute atomic E-state index is 0. The van der Waals surface area contributed by atoms with Crippen molar-refractivity contribution in [1.29, 1.82) is 0 Å². The predicted molar refractivity (Wildman–Crippen MR) is 84.8 cm³/mol. The first-order chi connectivity index (χ1) is 7.90. The van der Waals surface area contributed by atoms with Gasteiger partial charge < -0.3 is 17.6 Å². The Morgan fingerprint density at radius 3 is 1.70 bits per heavy atom. The molecule has 0 heterocycles. The van der Waals surface area contributed by atoms with Gasteiger partial charge in [-0.3, -0.25) is 0 Å². The van der Waals surface area contributed by atoms with Crippen LogP contribution < -0.4 is 0 Å². The summed E-state index contributed by atoms with van der Waals surface area (Å²) in [6, 6.07) is 0. The summed E-state index contributed by atoms with van der Waals surface area (Å²) in [5, 5.41) is 0. The molecular weight excluding hydrogens is 349 g/mol. The van der Waals surface area contributed by atoms with Crippen LogP contribution in [0.15, 0.2) is 0 Å². The maximum Gasteiger partial charge on any atom is 0.155 e. The molecule has 0 aliphatic rings. The first-order valence-corrected chi connectivity index (χ1v) is 7.89. The van der Waals surface area contributed by atoms with Gasteiger partial charge in [-0.05, 0) is 45.8 Å². The van der Waals surface area contributed by atoms with Gasteiger partial charge in [-0.15, -0.1) is 0 Å². The zero-order chi connectivity index (χ0) is 15.0. The van der Waals surface area contributed by atoms with Gasteiger partial charge in [0.05, 0.1) is 10.5 Å². The van der Waals surface area contributed by atoms with Gasteiger partial charge in [0.2, 0.25) is 0 Å². The second-order valence-electron chi connectivity index (χ2n) is 5.93. The van der Waals surface area contributed by atoms with Crippen LogP contribution in [-0.2, 0) is 47.3 Å². The Bertz CT molecular complexity index is 325. The van der Waals surface area contributed by atoms with Crippen molar-refractivity contribution in [3.05, 3.63) is 12.8 Å². The zero-order valence-electron chi connectivity index (χ0n) is 13.2. The van der Waals surface area contributed by atoms with E-state index >= 15 is 0 Å². The molecule has 0 aliphatic carbocycles. The summed E-state index contributed by atoms with van der Waals surface area (Å²) in [7, 11) is -3.03. The van der Waals surface area contributed by atoms with Gasteiger partial charge in [0.15, 0.2) is 9.84 Å². The molecule has 5 heteroatoms. The Morgan fingerprint density at radius 1 is 1.10 bits per heavy atom. The average Bonchev–Trinajstić information content (AvgIpc) is 2.09. The molecule has 0 fully saturated rings. The van der Waals surface area contributed by atoms with E-state index in [1.807, 2.05) is 0 Å². The van der Waals surface area contributed by atoms with Crippen LogP contribution in [0.2, 0.25) is 0 Å². The van der Waals surface area contributed by atoms with Crippen molar-refractivity contribution in [2.24, 2.45) is 0 Å². The monoisotopic (exact) mass is 381 g/mol. The van der Waals surface area contributed by atoms with Crippen molar-refractivity contribution in [3.8, 4) is 0 Å². The molecule has 0 atom stereocenters. The number of hydrogen-bond acceptors (Lipinski definition) is 3. The average molecular weight is 381 g/mol. The van der Waals surface area contributed by atoms with Gasteiger partial charge in [-0.1, -0.05) is 7.43 Å². The quantitative estimate of drug-likeness (QED) is 0.534. The van der Waals surface area contributed by atoms with E-state index < -0.39 is 14.6 Å². The van der Waals surface area contributed by atoms with Crippen molar-refractivity contribution in [1.82, 2.24) is 0 Å². The van der Waals surface area contributed by atoms with E-state index in [0.29, 0.717) is 19.3 Å². The number of hydrogen-bond donors (Lipinski definition) is 0. The minimum atomic E-state index is -3.03.